The van der Waals surface area contributed by atoms with E-state index < -0.39 is 34.3 Å². The van der Waals surface area contributed by atoms with E-state index in [1.807, 2.05) is 31.2 Å². The first-order chi connectivity index (χ1) is 15.9. The first-order valence-electron chi connectivity index (χ1n) is 10.1. The van der Waals surface area contributed by atoms with E-state index in [-0.39, 0.29) is 12.2 Å². The van der Waals surface area contributed by atoms with Gasteiger partial charge in [-0.15, -0.1) is 0 Å². The van der Waals surface area contributed by atoms with Gasteiger partial charge in [-0.05, 0) is 55.0 Å². The van der Waals surface area contributed by atoms with Crippen molar-refractivity contribution in [2.45, 2.75) is 19.6 Å². The second kappa shape index (κ2) is 10.2. The van der Waals surface area contributed by atoms with Gasteiger partial charge in [0.2, 0.25) is 10.0 Å². The molecule has 3 rings (SSSR count). The zero-order valence-corrected chi connectivity index (χ0v) is 19.3. The summed E-state index contributed by atoms with van der Waals surface area (Å²) in [6, 6.07) is 17.9. The molecule has 0 aliphatic carbocycles. The molecule has 10 heteroatoms. The summed E-state index contributed by atoms with van der Waals surface area (Å²) in [5, 5.41) is 2.35. The Kier molecular flexibility index (Phi) is 7.51. The molecule has 6 nitrogen and oxygen atoms in total. The lowest BCUT2D eigenvalue weighted by molar-refractivity contribution is -0.137. The van der Waals surface area contributed by atoms with Gasteiger partial charge < -0.3 is 10.1 Å². The third kappa shape index (κ3) is 6.98. The predicted molar refractivity (Wildman–Crippen MR) is 124 cm³/mol. The maximum atomic E-state index is 12.8. The fraction of sp³-hybridized carbons (Fsp3) is 0.208. The fourth-order valence-electron chi connectivity index (χ4n) is 3.09. The van der Waals surface area contributed by atoms with Crippen molar-refractivity contribution in [3.8, 4) is 5.75 Å². The molecule has 34 heavy (non-hydrogen) atoms. The second-order valence-corrected chi connectivity index (χ2v) is 9.57. The van der Waals surface area contributed by atoms with E-state index in [0.717, 1.165) is 29.5 Å². The summed E-state index contributed by atoms with van der Waals surface area (Å²) in [4.78, 5) is 12.1. The van der Waals surface area contributed by atoms with Crippen molar-refractivity contribution >= 4 is 27.3 Å². The second-order valence-electron chi connectivity index (χ2n) is 7.66. The number of rotatable bonds is 8. The third-order valence-corrected chi connectivity index (χ3v) is 5.96. The molecule has 0 saturated heterocycles. The van der Waals surface area contributed by atoms with Crippen LogP contribution in [0.1, 0.15) is 16.7 Å². The Morgan fingerprint density at radius 2 is 1.65 bits per heavy atom. The Morgan fingerprint density at radius 3 is 2.24 bits per heavy atom. The van der Waals surface area contributed by atoms with Crippen molar-refractivity contribution in [3.05, 3.63) is 89.5 Å². The van der Waals surface area contributed by atoms with Gasteiger partial charge in [-0.3, -0.25) is 9.10 Å². The van der Waals surface area contributed by atoms with Crippen LogP contribution in [-0.4, -0.2) is 27.2 Å². The maximum Gasteiger partial charge on any atom is 0.416 e. The number of benzene rings is 3. The summed E-state index contributed by atoms with van der Waals surface area (Å²) >= 11 is 0. The van der Waals surface area contributed by atoms with Crippen molar-refractivity contribution < 1.29 is 31.1 Å². The molecular formula is C24H23F3N2O4S. The van der Waals surface area contributed by atoms with Crippen molar-refractivity contribution in [2.24, 2.45) is 0 Å². The molecule has 1 amide bonds. The topological polar surface area (TPSA) is 75.7 Å². The van der Waals surface area contributed by atoms with Crippen LogP contribution in [0.25, 0.3) is 0 Å². The molecule has 0 aromatic heterocycles. The Hall–Kier alpha value is -3.53. The van der Waals surface area contributed by atoms with E-state index in [0.29, 0.717) is 11.4 Å². The summed E-state index contributed by atoms with van der Waals surface area (Å²) in [5.41, 5.74) is 1.43. The van der Waals surface area contributed by atoms with E-state index in [1.165, 1.54) is 28.6 Å². The molecule has 0 fully saturated rings. The van der Waals surface area contributed by atoms with E-state index in [2.05, 4.69) is 5.32 Å². The molecule has 0 unspecified atom stereocenters. The highest BCUT2D eigenvalue weighted by atomic mass is 32.2. The number of nitrogens with zero attached hydrogens (tertiary/aromatic N) is 1. The van der Waals surface area contributed by atoms with E-state index in [1.54, 1.807) is 12.1 Å². The highest BCUT2D eigenvalue weighted by Gasteiger charge is 2.30. The van der Waals surface area contributed by atoms with Gasteiger partial charge in [-0.2, -0.15) is 13.2 Å². The van der Waals surface area contributed by atoms with Gasteiger partial charge in [-0.1, -0.05) is 35.9 Å². The number of nitrogens with one attached hydrogen (secondary N) is 1. The summed E-state index contributed by atoms with van der Waals surface area (Å²) in [6.45, 7) is 1.66. The standard InChI is InChI=1S/C24H23F3N2O4S/c1-17-6-8-18(9-7-17)15-29(34(2,31)32)21-10-12-22(13-11-21)33-16-23(30)28-20-5-3-4-19(14-20)24(25,26)27/h3-14H,15-16H2,1-2H3,(H,28,30). The van der Waals surface area contributed by atoms with E-state index in [9.17, 15) is 26.4 Å². The molecule has 0 heterocycles. The predicted octanol–water partition coefficient (Wildman–Crippen LogP) is 5.00. The number of anilines is 2. The largest absolute Gasteiger partial charge is 0.484 e. The van der Waals surface area contributed by atoms with Crippen LogP contribution < -0.4 is 14.4 Å². The number of carbonyl (C=O) groups is 1. The lowest BCUT2D eigenvalue weighted by Gasteiger charge is -2.23. The van der Waals surface area contributed by atoms with Gasteiger partial charge in [0.25, 0.3) is 5.91 Å². The van der Waals surface area contributed by atoms with Crippen LogP contribution in [0.15, 0.2) is 72.8 Å². The van der Waals surface area contributed by atoms with Crippen LogP contribution in [0.2, 0.25) is 0 Å². The molecule has 0 atom stereocenters. The minimum Gasteiger partial charge on any atom is -0.484 e. The summed E-state index contributed by atoms with van der Waals surface area (Å²) in [5.74, 6) is -0.340. The molecule has 0 bridgehead atoms. The number of hydrogen-bond acceptors (Lipinski definition) is 4. The summed E-state index contributed by atoms with van der Waals surface area (Å²) in [6.07, 6.45) is -3.40. The minimum absolute atomic E-state index is 0.00123. The average Bonchev–Trinajstić information content (AvgIpc) is 2.76. The van der Waals surface area contributed by atoms with Gasteiger partial charge in [0, 0.05) is 5.69 Å². The third-order valence-electron chi connectivity index (χ3n) is 4.82. The zero-order chi connectivity index (χ0) is 24.9. The number of alkyl halides is 3. The quantitative estimate of drug-likeness (QED) is 0.480. The van der Waals surface area contributed by atoms with Crippen LogP contribution in [0.5, 0.6) is 5.75 Å². The van der Waals surface area contributed by atoms with Crippen LogP contribution in [0.3, 0.4) is 0 Å². The van der Waals surface area contributed by atoms with Crippen molar-refractivity contribution in [2.75, 3.05) is 22.5 Å². The van der Waals surface area contributed by atoms with Gasteiger partial charge in [0.15, 0.2) is 6.61 Å². The van der Waals surface area contributed by atoms with Crippen LogP contribution in [0, 0.1) is 6.92 Å². The van der Waals surface area contributed by atoms with E-state index in [4.69, 9.17) is 4.74 Å². The molecule has 1 N–H and O–H groups in total. The highest BCUT2D eigenvalue weighted by Crippen LogP contribution is 2.30. The molecule has 3 aromatic carbocycles. The smallest absolute Gasteiger partial charge is 0.416 e. The van der Waals surface area contributed by atoms with Gasteiger partial charge in [0.1, 0.15) is 5.75 Å². The molecule has 0 aliphatic heterocycles. The van der Waals surface area contributed by atoms with Crippen molar-refractivity contribution in [3.63, 3.8) is 0 Å². The lowest BCUT2D eigenvalue weighted by Crippen LogP contribution is -2.29. The number of hydrogen-bond donors (Lipinski definition) is 1. The first-order valence-corrected chi connectivity index (χ1v) is 12.0. The van der Waals surface area contributed by atoms with Gasteiger partial charge >= 0.3 is 6.18 Å². The average molecular weight is 493 g/mol. The van der Waals surface area contributed by atoms with Crippen molar-refractivity contribution in [1.29, 1.82) is 0 Å². The molecule has 0 saturated carbocycles. The Balaban J connectivity index is 1.63. The zero-order valence-electron chi connectivity index (χ0n) is 18.5. The SMILES string of the molecule is Cc1ccc(CN(c2ccc(OCC(=O)Nc3cccc(C(F)(F)F)c3)cc2)S(C)(=O)=O)cc1. The minimum atomic E-state index is -4.52. The first kappa shape index (κ1) is 25.1. The number of carbonyl (C=O) groups excluding carboxylic acids is 1. The molecule has 3 aromatic rings. The number of sulfonamides is 1. The van der Waals surface area contributed by atoms with E-state index >= 15 is 0 Å². The van der Waals surface area contributed by atoms with Gasteiger partial charge in [0.05, 0.1) is 24.1 Å². The number of amides is 1. The highest BCUT2D eigenvalue weighted by molar-refractivity contribution is 7.92. The molecule has 0 aliphatic rings. The number of ether oxygens (including phenoxy) is 1. The molecule has 180 valence electrons. The molecule has 0 radical (unpaired) electrons. The van der Waals surface area contributed by atoms with Crippen LogP contribution >= 0.6 is 0 Å². The van der Waals surface area contributed by atoms with Crippen LogP contribution in [-0.2, 0) is 27.5 Å². The summed E-state index contributed by atoms with van der Waals surface area (Å²) in [7, 11) is -3.57. The van der Waals surface area contributed by atoms with Crippen LogP contribution in [0.4, 0.5) is 24.5 Å². The Labute approximate surface area is 196 Å². The lowest BCUT2D eigenvalue weighted by atomic mass is 10.1. The Morgan fingerprint density at radius 1 is 1.00 bits per heavy atom. The van der Waals surface area contributed by atoms with Crippen molar-refractivity contribution in [1.82, 2.24) is 0 Å². The maximum absolute atomic E-state index is 12.8. The monoisotopic (exact) mass is 492 g/mol. The number of aryl methyl sites for hydroxylation is 1. The normalized spacial score (nSPS) is 11.7. The molecular weight excluding hydrogens is 469 g/mol. The summed E-state index contributed by atoms with van der Waals surface area (Å²) < 4.78 is 69.7. The van der Waals surface area contributed by atoms with Gasteiger partial charge in [-0.25, -0.2) is 8.42 Å². The number of halogens is 3. The molecule has 0 spiro atoms. The Bertz CT molecular complexity index is 1240. The fourth-order valence-corrected chi connectivity index (χ4v) is 3.98.